The number of carbonyl (C=O) groups excluding carboxylic acids is 1. The minimum atomic E-state index is -0.766. The van der Waals surface area contributed by atoms with E-state index in [-0.39, 0.29) is 5.75 Å². The summed E-state index contributed by atoms with van der Waals surface area (Å²) in [6.45, 7) is -0.722. The van der Waals surface area contributed by atoms with E-state index in [1.165, 1.54) is 14.2 Å². The molecule has 0 aliphatic carbocycles. The van der Waals surface area contributed by atoms with E-state index in [1.54, 1.807) is 0 Å². The maximum atomic E-state index is 11.7. The Bertz CT molecular complexity index is 903. The van der Waals surface area contributed by atoms with Crippen LogP contribution < -0.4 is 14.2 Å². The summed E-state index contributed by atoms with van der Waals surface area (Å²) < 4.78 is 16.1. The van der Waals surface area contributed by atoms with Gasteiger partial charge in [0.2, 0.25) is 5.75 Å². The van der Waals surface area contributed by atoms with Gasteiger partial charge in [-0.05, 0) is 28.6 Å². The van der Waals surface area contributed by atoms with Gasteiger partial charge in [0.25, 0.3) is 0 Å². The van der Waals surface area contributed by atoms with Gasteiger partial charge in [-0.2, -0.15) is 0 Å². The Balaban J connectivity index is 2.26. The third-order valence-electron chi connectivity index (χ3n) is 3.89. The molecule has 128 valence electrons. The van der Waals surface area contributed by atoms with Crippen molar-refractivity contribution in [3.8, 4) is 28.4 Å². The number of aliphatic hydroxyl groups excluding tert-OH is 1. The lowest BCUT2D eigenvalue weighted by molar-refractivity contribution is -0.137. The predicted octanol–water partition coefficient (Wildman–Crippen LogP) is 3.42. The minimum absolute atomic E-state index is 0.230. The average Bonchev–Trinajstić information content (AvgIpc) is 2.67. The molecule has 0 unspecified atom stereocenters. The molecule has 0 spiro atoms. The first kappa shape index (κ1) is 16.8. The summed E-state index contributed by atoms with van der Waals surface area (Å²) in [6.07, 6.45) is 0. The number of hydrogen-bond donors (Lipinski definition) is 1. The summed E-state index contributed by atoms with van der Waals surface area (Å²) in [5.41, 5.74) is 2.01. The number of benzene rings is 3. The molecule has 0 saturated heterocycles. The van der Waals surface area contributed by atoms with Gasteiger partial charge in [0.15, 0.2) is 11.5 Å². The highest BCUT2D eigenvalue weighted by molar-refractivity contribution is 5.97. The van der Waals surface area contributed by atoms with Gasteiger partial charge in [0.1, 0.15) is 6.61 Å². The molecule has 1 N–H and O–H groups in total. The Morgan fingerprint density at radius 3 is 2.32 bits per heavy atom. The maximum absolute atomic E-state index is 11.7. The summed E-state index contributed by atoms with van der Waals surface area (Å²) >= 11 is 0. The molecule has 5 heteroatoms. The number of aliphatic hydroxyl groups is 1. The van der Waals surface area contributed by atoms with Crippen molar-refractivity contribution < 1.29 is 24.1 Å². The number of esters is 1. The second-order valence-electron chi connectivity index (χ2n) is 5.38. The van der Waals surface area contributed by atoms with Gasteiger partial charge in [0, 0.05) is 5.39 Å². The van der Waals surface area contributed by atoms with E-state index < -0.39 is 12.6 Å². The van der Waals surface area contributed by atoms with Crippen LogP contribution in [0.15, 0.2) is 54.6 Å². The fourth-order valence-electron chi connectivity index (χ4n) is 2.72. The number of methoxy groups -OCH3 is 2. The fraction of sp³-hybridized carbons (Fsp3) is 0.150. The van der Waals surface area contributed by atoms with E-state index in [0.29, 0.717) is 16.9 Å². The number of carbonyl (C=O) groups is 1. The van der Waals surface area contributed by atoms with E-state index in [1.807, 2.05) is 54.6 Å². The van der Waals surface area contributed by atoms with Crippen molar-refractivity contribution in [3.63, 3.8) is 0 Å². The third-order valence-corrected chi connectivity index (χ3v) is 3.89. The zero-order chi connectivity index (χ0) is 17.8. The summed E-state index contributed by atoms with van der Waals surface area (Å²) in [7, 11) is 2.99. The lowest BCUT2D eigenvalue weighted by Gasteiger charge is -2.16. The molecule has 3 aromatic rings. The van der Waals surface area contributed by atoms with E-state index in [0.717, 1.165) is 16.5 Å². The fourth-order valence-corrected chi connectivity index (χ4v) is 2.72. The van der Waals surface area contributed by atoms with Crippen molar-refractivity contribution >= 4 is 16.7 Å². The lowest BCUT2D eigenvalue weighted by Crippen LogP contribution is -2.13. The van der Waals surface area contributed by atoms with E-state index in [4.69, 9.17) is 19.3 Å². The van der Waals surface area contributed by atoms with Crippen LogP contribution in [-0.2, 0) is 4.79 Å². The molecule has 0 saturated carbocycles. The van der Waals surface area contributed by atoms with E-state index in [9.17, 15) is 4.79 Å². The summed E-state index contributed by atoms with van der Waals surface area (Å²) in [4.78, 5) is 11.7. The number of fused-ring (bicyclic) bond motifs is 1. The molecule has 25 heavy (non-hydrogen) atoms. The Labute approximate surface area is 145 Å². The van der Waals surface area contributed by atoms with E-state index >= 15 is 0 Å². The molecule has 0 bridgehead atoms. The summed E-state index contributed by atoms with van der Waals surface area (Å²) in [5.74, 6) is 0.219. The highest BCUT2D eigenvalue weighted by Crippen LogP contribution is 2.44. The van der Waals surface area contributed by atoms with Crippen LogP contribution in [0.25, 0.3) is 21.9 Å². The van der Waals surface area contributed by atoms with Gasteiger partial charge in [-0.3, -0.25) is 0 Å². The SMILES string of the molecule is COc1cc2ccc(-c3ccccc3)cc2c(OC(=O)CO)c1OC. The van der Waals surface area contributed by atoms with Crippen molar-refractivity contribution in [2.45, 2.75) is 0 Å². The van der Waals surface area contributed by atoms with Crippen LogP contribution in [0.5, 0.6) is 17.2 Å². The van der Waals surface area contributed by atoms with Crippen molar-refractivity contribution in [3.05, 3.63) is 54.6 Å². The Hall–Kier alpha value is -3.05. The topological polar surface area (TPSA) is 65.0 Å². The van der Waals surface area contributed by atoms with Crippen molar-refractivity contribution in [1.82, 2.24) is 0 Å². The standard InChI is InChI=1S/C20H18O5/c1-23-17-11-15-9-8-14(13-6-4-3-5-7-13)10-16(15)19(20(17)24-2)25-18(22)12-21/h3-11,21H,12H2,1-2H3. The van der Waals surface area contributed by atoms with Crippen LogP contribution in [0.2, 0.25) is 0 Å². The molecule has 0 atom stereocenters. The first-order valence-electron chi connectivity index (χ1n) is 7.73. The summed E-state index contributed by atoms with van der Waals surface area (Å²) in [5, 5.41) is 10.6. The Morgan fingerprint density at radius 2 is 1.68 bits per heavy atom. The van der Waals surface area contributed by atoms with Gasteiger partial charge in [-0.1, -0.05) is 42.5 Å². The monoisotopic (exact) mass is 338 g/mol. The Morgan fingerprint density at radius 1 is 0.920 bits per heavy atom. The van der Waals surface area contributed by atoms with Gasteiger partial charge in [-0.25, -0.2) is 4.79 Å². The highest BCUT2D eigenvalue weighted by atomic mass is 16.6. The first-order chi connectivity index (χ1) is 12.2. The molecule has 0 heterocycles. The quantitative estimate of drug-likeness (QED) is 0.570. The summed E-state index contributed by atoms with van der Waals surface area (Å²) in [6, 6.07) is 17.5. The maximum Gasteiger partial charge on any atom is 0.337 e. The molecule has 0 aromatic heterocycles. The van der Waals surface area contributed by atoms with Crippen molar-refractivity contribution in [2.75, 3.05) is 20.8 Å². The zero-order valence-corrected chi connectivity index (χ0v) is 14.0. The zero-order valence-electron chi connectivity index (χ0n) is 14.0. The van der Waals surface area contributed by atoms with Crippen LogP contribution >= 0.6 is 0 Å². The predicted molar refractivity (Wildman–Crippen MR) is 95.2 cm³/mol. The first-order valence-corrected chi connectivity index (χ1v) is 7.73. The smallest absolute Gasteiger partial charge is 0.337 e. The molecule has 0 amide bonds. The largest absolute Gasteiger partial charge is 0.493 e. The molecule has 3 aromatic carbocycles. The second kappa shape index (κ2) is 7.23. The van der Waals surface area contributed by atoms with Crippen molar-refractivity contribution in [1.29, 1.82) is 0 Å². The van der Waals surface area contributed by atoms with Crippen LogP contribution in [0.3, 0.4) is 0 Å². The van der Waals surface area contributed by atoms with E-state index in [2.05, 4.69) is 0 Å². The lowest BCUT2D eigenvalue weighted by atomic mass is 10.00. The van der Waals surface area contributed by atoms with Crippen LogP contribution in [0.4, 0.5) is 0 Å². The van der Waals surface area contributed by atoms with Gasteiger partial charge < -0.3 is 19.3 Å². The molecular formula is C20H18O5. The van der Waals surface area contributed by atoms with Crippen LogP contribution in [-0.4, -0.2) is 31.9 Å². The molecule has 0 aliphatic heterocycles. The minimum Gasteiger partial charge on any atom is -0.493 e. The van der Waals surface area contributed by atoms with Crippen LogP contribution in [0.1, 0.15) is 0 Å². The normalized spacial score (nSPS) is 10.5. The number of rotatable bonds is 5. The molecule has 3 rings (SSSR count). The third kappa shape index (κ3) is 3.27. The molecular weight excluding hydrogens is 320 g/mol. The molecule has 0 aliphatic rings. The van der Waals surface area contributed by atoms with Crippen LogP contribution in [0, 0.1) is 0 Å². The molecule has 0 fully saturated rings. The van der Waals surface area contributed by atoms with Gasteiger partial charge in [-0.15, -0.1) is 0 Å². The molecule has 5 nitrogen and oxygen atoms in total. The highest BCUT2D eigenvalue weighted by Gasteiger charge is 2.19. The second-order valence-corrected chi connectivity index (χ2v) is 5.38. The number of hydrogen-bond acceptors (Lipinski definition) is 5. The van der Waals surface area contributed by atoms with Gasteiger partial charge >= 0.3 is 5.97 Å². The number of ether oxygens (including phenoxy) is 3. The average molecular weight is 338 g/mol. The molecule has 0 radical (unpaired) electrons. The Kier molecular flexibility index (Phi) is 4.86. The van der Waals surface area contributed by atoms with Crippen molar-refractivity contribution in [2.24, 2.45) is 0 Å². The van der Waals surface area contributed by atoms with Gasteiger partial charge in [0.05, 0.1) is 14.2 Å².